The van der Waals surface area contributed by atoms with Crippen molar-refractivity contribution in [3.63, 3.8) is 0 Å². The van der Waals surface area contributed by atoms with Gasteiger partial charge in [0.2, 0.25) is 0 Å². The summed E-state index contributed by atoms with van der Waals surface area (Å²) in [6.45, 7) is 0. The van der Waals surface area contributed by atoms with E-state index in [0.717, 1.165) is 0 Å². The van der Waals surface area contributed by atoms with Gasteiger partial charge in [0.15, 0.2) is 0 Å². The van der Waals surface area contributed by atoms with Crippen molar-refractivity contribution in [3.05, 3.63) is 255 Å². The van der Waals surface area contributed by atoms with E-state index in [0.29, 0.717) is 0 Å². The predicted molar refractivity (Wildman–Crippen MR) is 260 cm³/mol. The molecule has 0 bridgehead atoms. The summed E-state index contributed by atoms with van der Waals surface area (Å²) in [6, 6.07) is 95.6. The lowest BCUT2D eigenvalue weighted by Crippen LogP contribution is -2.63. The molecule has 58 heavy (non-hydrogen) atoms. The van der Waals surface area contributed by atoms with Crippen LogP contribution in [0.4, 0.5) is 0 Å². The van der Waals surface area contributed by atoms with Gasteiger partial charge in [0.25, 0.3) is 0 Å². The zero-order valence-electron chi connectivity index (χ0n) is 32.1. The Balaban J connectivity index is 1.36. The Labute approximate surface area is 348 Å². The van der Waals surface area contributed by atoms with Gasteiger partial charge < -0.3 is 0 Å². The average Bonchev–Trinajstić information content (AvgIpc) is 3.30. The molecule has 9 aromatic carbocycles. The summed E-state index contributed by atoms with van der Waals surface area (Å²) in [5.41, 5.74) is 0. The summed E-state index contributed by atoms with van der Waals surface area (Å²) in [5.74, 6) is 0. The maximum absolute atomic E-state index is 2.47. The molecule has 0 spiro atoms. The van der Waals surface area contributed by atoms with Crippen molar-refractivity contribution in [2.24, 2.45) is 0 Å². The fraction of sp³-hybridized carbons (Fsp3) is 0. The molecule has 0 amide bonds. The molecule has 0 nitrogen and oxygen atoms in total. The Hall–Kier alpha value is -5.51. The van der Waals surface area contributed by atoms with Gasteiger partial charge in [-0.1, -0.05) is 255 Å². The molecule has 0 aliphatic carbocycles. The lowest BCUT2D eigenvalue weighted by atomic mass is 10.3. The highest BCUT2D eigenvalue weighted by molar-refractivity contribution is 7.81. The van der Waals surface area contributed by atoms with Gasteiger partial charge in [-0.05, 0) is 71.5 Å². The quantitative estimate of drug-likeness (QED) is 0.0683. The Morgan fingerprint density at radius 3 is 0.569 bits per heavy atom. The van der Waals surface area contributed by atoms with E-state index in [9.17, 15) is 0 Å². The normalized spacial score (nSPS) is 11.2. The summed E-state index contributed by atoms with van der Waals surface area (Å²) in [5, 5.41) is 16.9. The van der Waals surface area contributed by atoms with Crippen LogP contribution in [-0.2, 0) is 0 Å². The zero-order chi connectivity index (χ0) is 38.9. The summed E-state index contributed by atoms with van der Waals surface area (Å²) in [7, 11) is -4.30. The zero-order valence-corrected chi connectivity index (χ0v) is 35.8. The van der Waals surface area contributed by atoms with Crippen molar-refractivity contribution < 1.29 is 0 Å². The summed E-state index contributed by atoms with van der Waals surface area (Å²) in [6.07, 6.45) is 0. The highest BCUT2D eigenvalue weighted by atomic mass is 31.1. The standard InChI is InChI=1S/C54H42P3Si/c1-7-25-43(26-8-1)55(44-27-9-2-10-28-44)49-37-19-22-40-52(49)58(53-41-23-20-38-50(53)56(45-29-11-3-12-30-45)46-31-13-4-14-32-46)54-42-24-21-39-51(54)57(47-33-15-5-16-34-47)48-35-17-6-18-36-48/h1-42H/q-1. The van der Waals surface area contributed by atoms with Crippen LogP contribution in [0.3, 0.4) is 0 Å². The molecule has 0 aromatic heterocycles. The molecule has 4 heteroatoms. The highest BCUT2D eigenvalue weighted by Gasteiger charge is 2.25. The minimum Gasteiger partial charge on any atom is -0.216 e. The Bertz CT molecular complexity index is 2260. The van der Waals surface area contributed by atoms with Crippen LogP contribution in [0.25, 0.3) is 0 Å². The van der Waals surface area contributed by atoms with Crippen LogP contribution in [-0.4, -0.2) is 8.80 Å². The first-order valence-electron chi connectivity index (χ1n) is 19.7. The van der Waals surface area contributed by atoms with E-state index in [4.69, 9.17) is 0 Å². The van der Waals surface area contributed by atoms with Gasteiger partial charge in [-0.2, -0.15) is 15.6 Å². The second-order valence-electron chi connectivity index (χ2n) is 13.9. The molecular weight excluding hydrogens is 770 g/mol. The van der Waals surface area contributed by atoms with E-state index in [2.05, 4.69) is 255 Å². The van der Waals surface area contributed by atoms with Crippen molar-refractivity contribution in [3.8, 4) is 0 Å². The van der Waals surface area contributed by atoms with Gasteiger partial charge in [0.1, 0.15) is 0 Å². The van der Waals surface area contributed by atoms with Crippen LogP contribution in [0.5, 0.6) is 0 Å². The van der Waals surface area contributed by atoms with E-state index in [-0.39, 0.29) is 0 Å². The third-order valence-corrected chi connectivity index (χ3v) is 21.4. The monoisotopic (exact) mass is 811 g/mol. The lowest BCUT2D eigenvalue weighted by molar-refractivity contribution is 1.73. The Kier molecular flexibility index (Phi) is 12.1. The molecule has 0 saturated heterocycles. The maximum Gasteiger partial charge on any atom is -0.0152 e. The van der Waals surface area contributed by atoms with Gasteiger partial charge in [-0.15, -0.1) is 0 Å². The Morgan fingerprint density at radius 2 is 0.362 bits per heavy atom. The topological polar surface area (TPSA) is 0 Å². The van der Waals surface area contributed by atoms with Crippen molar-refractivity contribution >= 4 is 95.9 Å². The fourth-order valence-corrected chi connectivity index (χ4v) is 19.5. The van der Waals surface area contributed by atoms with E-state index >= 15 is 0 Å². The van der Waals surface area contributed by atoms with Gasteiger partial charge in [-0.25, -0.2) is 8.80 Å². The SMILES string of the molecule is c1ccc(P(c2ccccc2)c2ccccc2[Si-](c2ccccc2P(c2ccccc2)c2ccccc2)c2ccccc2P(c2ccccc2)c2ccccc2)cc1. The van der Waals surface area contributed by atoms with Crippen molar-refractivity contribution in [2.75, 3.05) is 0 Å². The average molecular weight is 812 g/mol. The second kappa shape index (κ2) is 18.4. The van der Waals surface area contributed by atoms with Crippen LogP contribution in [0.2, 0.25) is 0 Å². The first kappa shape index (κ1) is 38.0. The minimum atomic E-state index is -1.69. The van der Waals surface area contributed by atoms with Crippen molar-refractivity contribution in [1.29, 1.82) is 0 Å². The largest absolute Gasteiger partial charge is 0.216 e. The second-order valence-corrected chi connectivity index (χ2v) is 22.9. The van der Waals surface area contributed by atoms with E-state index in [1.807, 2.05) is 0 Å². The van der Waals surface area contributed by atoms with Gasteiger partial charge in [0.05, 0.1) is 0 Å². The maximum atomic E-state index is 2.47. The predicted octanol–water partition coefficient (Wildman–Crippen LogP) is 7.48. The molecule has 278 valence electrons. The molecule has 0 N–H and O–H groups in total. The molecule has 0 radical (unpaired) electrons. The molecule has 9 rings (SSSR count). The first-order valence-corrected chi connectivity index (χ1v) is 25.2. The molecule has 0 heterocycles. The van der Waals surface area contributed by atoms with E-state index < -0.39 is 32.6 Å². The smallest absolute Gasteiger partial charge is 0.0152 e. The molecule has 0 fully saturated rings. The molecule has 0 unspecified atom stereocenters. The third-order valence-electron chi connectivity index (χ3n) is 10.3. The number of benzene rings is 9. The Morgan fingerprint density at radius 1 is 0.190 bits per heavy atom. The third kappa shape index (κ3) is 8.11. The number of hydrogen-bond acceptors (Lipinski definition) is 0. The van der Waals surface area contributed by atoms with Gasteiger partial charge in [0, 0.05) is 0 Å². The summed E-state index contributed by atoms with van der Waals surface area (Å²) < 4.78 is 0. The molecule has 9 aromatic rings. The molecule has 0 aliphatic rings. The number of hydrogen-bond donors (Lipinski definition) is 0. The highest BCUT2D eigenvalue weighted by Crippen LogP contribution is 2.35. The van der Waals surface area contributed by atoms with E-state index in [1.54, 1.807) is 0 Å². The molecule has 0 atom stereocenters. The fourth-order valence-electron chi connectivity index (χ4n) is 7.82. The molecule has 0 aliphatic heterocycles. The lowest BCUT2D eigenvalue weighted by Gasteiger charge is -2.42. The van der Waals surface area contributed by atoms with Crippen LogP contribution in [0.1, 0.15) is 0 Å². The van der Waals surface area contributed by atoms with E-state index in [1.165, 1.54) is 63.3 Å². The van der Waals surface area contributed by atoms with Crippen LogP contribution in [0, 0.1) is 0 Å². The van der Waals surface area contributed by atoms with Crippen LogP contribution in [0.15, 0.2) is 255 Å². The molecular formula is C54H42P3Si-. The molecule has 0 saturated carbocycles. The van der Waals surface area contributed by atoms with Crippen LogP contribution < -0.4 is 63.3 Å². The van der Waals surface area contributed by atoms with Crippen molar-refractivity contribution in [1.82, 2.24) is 0 Å². The number of rotatable bonds is 12. The van der Waals surface area contributed by atoms with Gasteiger partial charge in [-0.3, -0.25) is 0 Å². The minimum absolute atomic E-state index is 0.869. The summed E-state index contributed by atoms with van der Waals surface area (Å²) >= 11 is 0. The first-order chi connectivity index (χ1) is 28.8. The summed E-state index contributed by atoms with van der Waals surface area (Å²) in [4.78, 5) is 0. The van der Waals surface area contributed by atoms with Crippen molar-refractivity contribution in [2.45, 2.75) is 0 Å². The van der Waals surface area contributed by atoms with Gasteiger partial charge >= 0.3 is 0 Å². The van der Waals surface area contributed by atoms with Crippen LogP contribution >= 0.6 is 23.8 Å².